The highest BCUT2D eigenvalue weighted by atomic mass is 32.2. The van der Waals surface area contributed by atoms with Crippen molar-refractivity contribution in [2.24, 2.45) is 0 Å². The average molecular weight is 423 g/mol. The van der Waals surface area contributed by atoms with E-state index in [-0.39, 0.29) is 16.6 Å². The summed E-state index contributed by atoms with van der Waals surface area (Å²) in [5.74, 6) is 0.251. The number of nitrogens with one attached hydrogen (secondary N) is 2. The summed E-state index contributed by atoms with van der Waals surface area (Å²) in [6.07, 6.45) is 1.49. The number of para-hydroxylation sites is 1. The Hall–Kier alpha value is -3.92. The van der Waals surface area contributed by atoms with Gasteiger partial charge in [-0.1, -0.05) is 23.4 Å². The van der Waals surface area contributed by atoms with Crippen LogP contribution in [-0.2, 0) is 10.0 Å². The number of aromatic amines is 1. The second kappa shape index (κ2) is 7.84. The second-order valence-corrected chi connectivity index (χ2v) is 8.05. The number of H-pyrrole nitrogens is 1. The fraction of sp³-hybridized carbons (Fsp3) is 0.0500. The van der Waals surface area contributed by atoms with Gasteiger partial charge >= 0.3 is 0 Å². The van der Waals surface area contributed by atoms with Gasteiger partial charge in [-0.25, -0.2) is 8.42 Å². The number of benzene rings is 2. The van der Waals surface area contributed by atoms with Crippen LogP contribution in [0.15, 0.2) is 82.3 Å². The van der Waals surface area contributed by atoms with Crippen LogP contribution in [0, 0.1) is 6.92 Å². The molecule has 9 nitrogen and oxygen atoms in total. The lowest BCUT2D eigenvalue weighted by Gasteiger charge is -2.22. The maximum Gasteiger partial charge on any atom is 0.280 e. The SMILES string of the molecule is Cc1cc(NS(=O)(=O)c2ccc(N(C(=O)c3ccn[nH]3)c3ccccc3)cc2)no1. The van der Waals surface area contributed by atoms with Crippen molar-refractivity contribution in [2.75, 3.05) is 9.62 Å². The molecule has 4 aromatic rings. The summed E-state index contributed by atoms with van der Waals surface area (Å²) in [5, 5.41) is 10.1. The average Bonchev–Trinajstić information content (AvgIpc) is 3.41. The molecule has 10 heteroatoms. The Balaban J connectivity index is 1.66. The van der Waals surface area contributed by atoms with Crippen LogP contribution in [0.2, 0.25) is 0 Å². The Kier molecular flexibility index (Phi) is 5.07. The third-order valence-electron chi connectivity index (χ3n) is 4.22. The highest BCUT2D eigenvalue weighted by molar-refractivity contribution is 7.92. The van der Waals surface area contributed by atoms with Crippen molar-refractivity contribution in [2.45, 2.75) is 11.8 Å². The summed E-state index contributed by atoms with van der Waals surface area (Å²) in [7, 11) is -3.86. The third-order valence-corrected chi connectivity index (χ3v) is 5.59. The van der Waals surface area contributed by atoms with E-state index >= 15 is 0 Å². The molecule has 1 amide bonds. The molecule has 0 atom stereocenters. The van der Waals surface area contributed by atoms with Crippen molar-refractivity contribution >= 4 is 33.1 Å². The van der Waals surface area contributed by atoms with Gasteiger partial charge in [0.15, 0.2) is 5.82 Å². The quantitative estimate of drug-likeness (QED) is 0.490. The molecule has 2 N–H and O–H groups in total. The van der Waals surface area contributed by atoms with Gasteiger partial charge in [0.2, 0.25) is 0 Å². The van der Waals surface area contributed by atoms with E-state index in [0.717, 1.165) is 0 Å². The lowest BCUT2D eigenvalue weighted by molar-refractivity contribution is 0.0994. The first-order valence-electron chi connectivity index (χ1n) is 8.89. The zero-order chi connectivity index (χ0) is 21.1. The van der Waals surface area contributed by atoms with Crippen molar-refractivity contribution < 1.29 is 17.7 Å². The Morgan fingerprint density at radius 3 is 2.33 bits per heavy atom. The summed E-state index contributed by atoms with van der Waals surface area (Å²) >= 11 is 0. The minimum absolute atomic E-state index is 0.0221. The molecule has 0 aliphatic heterocycles. The number of hydrogen-bond donors (Lipinski definition) is 2. The minimum Gasteiger partial charge on any atom is -0.360 e. The van der Waals surface area contributed by atoms with Crippen LogP contribution in [0.4, 0.5) is 17.2 Å². The maximum atomic E-state index is 13.0. The van der Waals surface area contributed by atoms with E-state index in [0.29, 0.717) is 22.8 Å². The lowest BCUT2D eigenvalue weighted by Crippen LogP contribution is -2.26. The molecule has 0 aliphatic rings. The second-order valence-electron chi connectivity index (χ2n) is 6.37. The Morgan fingerprint density at radius 1 is 1.03 bits per heavy atom. The van der Waals surface area contributed by atoms with Crippen LogP contribution in [0.5, 0.6) is 0 Å². The highest BCUT2D eigenvalue weighted by Crippen LogP contribution is 2.28. The molecule has 2 aromatic heterocycles. The van der Waals surface area contributed by atoms with E-state index in [9.17, 15) is 13.2 Å². The summed E-state index contributed by atoms with van der Waals surface area (Å²) in [4.78, 5) is 14.5. The Labute approximate surface area is 172 Å². The highest BCUT2D eigenvalue weighted by Gasteiger charge is 2.22. The number of rotatable bonds is 6. The monoisotopic (exact) mass is 423 g/mol. The maximum absolute atomic E-state index is 13.0. The van der Waals surface area contributed by atoms with E-state index in [4.69, 9.17) is 4.52 Å². The van der Waals surface area contributed by atoms with Gasteiger partial charge < -0.3 is 4.52 Å². The molecule has 2 heterocycles. The molecule has 0 spiro atoms. The molecule has 0 saturated heterocycles. The summed E-state index contributed by atoms with van der Waals surface area (Å²) in [6, 6.07) is 18.0. The van der Waals surface area contributed by atoms with Crippen LogP contribution in [0.3, 0.4) is 0 Å². The van der Waals surface area contributed by atoms with E-state index in [2.05, 4.69) is 20.1 Å². The van der Waals surface area contributed by atoms with Gasteiger partial charge in [0, 0.05) is 23.6 Å². The molecule has 30 heavy (non-hydrogen) atoms. The van der Waals surface area contributed by atoms with Crippen LogP contribution in [-0.4, -0.2) is 29.7 Å². The van der Waals surface area contributed by atoms with Gasteiger partial charge in [-0.3, -0.25) is 19.5 Å². The molecule has 0 aliphatic carbocycles. The predicted octanol–water partition coefficient (Wildman–Crippen LogP) is 3.49. The number of nitrogens with zero attached hydrogens (tertiary/aromatic N) is 3. The molecule has 0 bridgehead atoms. The topological polar surface area (TPSA) is 121 Å². The standard InChI is InChI=1S/C20H17N5O4S/c1-14-13-19(23-29-14)24-30(27,28)17-9-7-16(8-10-17)25(15-5-3-2-4-6-15)20(26)18-11-12-21-22-18/h2-13H,1H3,(H,21,22)(H,23,24). The first-order valence-corrected chi connectivity index (χ1v) is 10.4. The normalized spacial score (nSPS) is 11.2. The van der Waals surface area contributed by atoms with E-state index in [1.165, 1.54) is 29.3 Å². The van der Waals surface area contributed by atoms with Gasteiger partial charge in [-0.15, -0.1) is 0 Å². The van der Waals surface area contributed by atoms with Crippen molar-refractivity contribution in [3.63, 3.8) is 0 Å². The van der Waals surface area contributed by atoms with Crippen LogP contribution in [0.1, 0.15) is 16.2 Å². The van der Waals surface area contributed by atoms with Crippen molar-refractivity contribution in [3.05, 3.63) is 84.4 Å². The molecule has 0 saturated carbocycles. The van der Waals surface area contributed by atoms with E-state index in [1.54, 1.807) is 37.3 Å². The van der Waals surface area contributed by atoms with Crippen molar-refractivity contribution in [1.82, 2.24) is 15.4 Å². The molecular weight excluding hydrogens is 406 g/mol. The number of carbonyl (C=O) groups is 1. The fourth-order valence-corrected chi connectivity index (χ4v) is 3.83. The molecule has 0 radical (unpaired) electrons. The lowest BCUT2D eigenvalue weighted by atomic mass is 10.2. The van der Waals surface area contributed by atoms with Gasteiger partial charge in [0.1, 0.15) is 11.5 Å². The first-order chi connectivity index (χ1) is 14.4. The van der Waals surface area contributed by atoms with Crippen molar-refractivity contribution in [3.8, 4) is 0 Å². The minimum atomic E-state index is -3.86. The number of anilines is 3. The van der Waals surface area contributed by atoms with E-state index in [1.807, 2.05) is 18.2 Å². The third kappa shape index (κ3) is 3.94. The van der Waals surface area contributed by atoms with Gasteiger partial charge in [0.05, 0.1) is 4.90 Å². The number of aromatic nitrogens is 3. The summed E-state index contributed by atoms with van der Waals surface area (Å²) in [6.45, 7) is 1.66. The predicted molar refractivity (Wildman–Crippen MR) is 110 cm³/mol. The molecular formula is C20H17N5O4S. The van der Waals surface area contributed by atoms with Gasteiger partial charge in [-0.05, 0) is 49.4 Å². The molecule has 2 aromatic carbocycles. The molecule has 0 unspecified atom stereocenters. The Bertz CT molecular complexity index is 1250. The first kappa shape index (κ1) is 19.4. The van der Waals surface area contributed by atoms with Crippen LogP contribution >= 0.6 is 0 Å². The smallest absolute Gasteiger partial charge is 0.280 e. The molecule has 0 fully saturated rings. The number of hydrogen-bond acceptors (Lipinski definition) is 6. The van der Waals surface area contributed by atoms with Crippen LogP contribution in [0.25, 0.3) is 0 Å². The van der Waals surface area contributed by atoms with E-state index < -0.39 is 10.0 Å². The largest absolute Gasteiger partial charge is 0.360 e. The molecule has 152 valence electrons. The summed E-state index contributed by atoms with van der Waals surface area (Å²) in [5.41, 5.74) is 1.43. The number of carbonyl (C=O) groups excluding carboxylic acids is 1. The van der Waals surface area contributed by atoms with Crippen LogP contribution < -0.4 is 9.62 Å². The fourth-order valence-electron chi connectivity index (χ4n) is 2.84. The number of aryl methyl sites for hydroxylation is 1. The van der Waals surface area contributed by atoms with Crippen molar-refractivity contribution in [1.29, 1.82) is 0 Å². The number of sulfonamides is 1. The van der Waals surface area contributed by atoms with Gasteiger partial charge in [0.25, 0.3) is 15.9 Å². The number of amides is 1. The Morgan fingerprint density at radius 2 is 1.73 bits per heavy atom. The molecule has 4 rings (SSSR count). The zero-order valence-electron chi connectivity index (χ0n) is 15.8. The zero-order valence-corrected chi connectivity index (χ0v) is 16.6. The summed E-state index contributed by atoms with van der Waals surface area (Å²) < 4.78 is 32.4. The van der Waals surface area contributed by atoms with Gasteiger partial charge in [-0.2, -0.15) is 5.10 Å².